The third kappa shape index (κ3) is 7.98. The summed E-state index contributed by atoms with van der Waals surface area (Å²) >= 11 is 0. The first kappa shape index (κ1) is 31.5. The summed E-state index contributed by atoms with van der Waals surface area (Å²) in [6.45, 7) is 3.68. The van der Waals surface area contributed by atoms with Gasteiger partial charge in [-0.15, -0.1) is 0 Å². The Labute approximate surface area is 260 Å². The van der Waals surface area contributed by atoms with Crippen LogP contribution >= 0.6 is 0 Å². The van der Waals surface area contributed by atoms with E-state index >= 15 is 0 Å². The summed E-state index contributed by atoms with van der Waals surface area (Å²) in [6, 6.07) is 17.3. The molecule has 5 N–H and O–H groups in total. The van der Waals surface area contributed by atoms with Gasteiger partial charge in [-0.3, -0.25) is 9.59 Å². The number of nitrogens with two attached hydrogens (primary N) is 2. The van der Waals surface area contributed by atoms with Gasteiger partial charge < -0.3 is 31.2 Å². The van der Waals surface area contributed by atoms with Crippen LogP contribution in [0.3, 0.4) is 0 Å². The van der Waals surface area contributed by atoms with Gasteiger partial charge in [0, 0.05) is 31.8 Å². The van der Waals surface area contributed by atoms with Crippen LogP contribution in [0.4, 0.5) is 5.82 Å². The monoisotopic (exact) mass is 602 g/mol. The van der Waals surface area contributed by atoms with Crippen molar-refractivity contribution in [3.63, 3.8) is 0 Å². The van der Waals surface area contributed by atoms with E-state index < -0.39 is 5.91 Å². The third-order valence-electron chi connectivity index (χ3n) is 8.71. The number of piperidine rings is 1. The Balaban J connectivity index is 1.16. The number of nitrogens with zero attached hydrogens (tertiary/aromatic N) is 3. The lowest BCUT2D eigenvalue weighted by Gasteiger charge is -2.38. The fourth-order valence-electron chi connectivity index (χ4n) is 6.32. The Morgan fingerprint density at radius 3 is 2.27 bits per heavy atom. The number of primary amides is 1. The molecule has 0 radical (unpaired) electrons. The van der Waals surface area contributed by atoms with Crippen molar-refractivity contribution in [1.29, 1.82) is 0 Å². The van der Waals surface area contributed by atoms with E-state index in [0.717, 1.165) is 62.9 Å². The van der Waals surface area contributed by atoms with Crippen molar-refractivity contribution in [3.05, 3.63) is 60.2 Å². The number of carbonyl (C=O) groups is 2. The molecule has 0 aliphatic carbocycles. The molecular weight excluding hydrogens is 556 g/mol. The Hall–Kier alpha value is -3.89. The van der Waals surface area contributed by atoms with E-state index in [9.17, 15) is 9.59 Å². The average Bonchev–Trinajstić information content (AvgIpc) is 3.45. The predicted molar refractivity (Wildman–Crippen MR) is 172 cm³/mol. The van der Waals surface area contributed by atoms with Crippen LogP contribution in [-0.4, -0.2) is 65.9 Å². The van der Waals surface area contributed by atoms with Gasteiger partial charge in [0.05, 0.1) is 6.04 Å². The summed E-state index contributed by atoms with van der Waals surface area (Å²) in [4.78, 5) is 27.4. The molecule has 2 aromatic carbocycles. The number of carbonyl (C=O) groups excluding carboxylic acids is 2. The lowest BCUT2D eigenvalue weighted by Crippen LogP contribution is -2.43. The number of rotatable bonds is 15. The van der Waals surface area contributed by atoms with Crippen LogP contribution in [0.1, 0.15) is 74.2 Å². The van der Waals surface area contributed by atoms with Crippen LogP contribution in [0.2, 0.25) is 0 Å². The molecule has 0 saturated carbocycles. The number of unbranched alkanes of at least 4 members (excludes halogenated alkanes) is 5. The maximum Gasteiger partial charge on any atom is 0.254 e. The fraction of sp³-hybridized carbons (Fsp3) is 0.500. The topological polar surface area (TPSA) is 138 Å². The number of fused-ring (bicyclic) bond motifs is 1. The minimum Gasteiger partial charge on any atom is -0.457 e. The molecular formula is C34H46N6O4. The molecule has 236 valence electrons. The second kappa shape index (κ2) is 15.7. The van der Waals surface area contributed by atoms with Crippen molar-refractivity contribution in [2.24, 2.45) is 17.4 Å². The molecule has 10 heteroatoms. The maximum atomic E-state index is 12.8. The van der Waals surface area contributed by atoms with E-state index in [2.05, 4.69) is 5.32 Å². The maximum absolute atomic E-state index is 12.8. The summed E-state index contributed by atoms with van der Waals surface area (Å²) in [5.41, 5.74) is 13.2. The van der Waals surface area contributed by atoms with Gasteiger partial charge in [-0.1, -0.05) is 43.9 Å². The van der Waals surface area contributed by atoms with Crippen LogP contribution in [0, 0.1) is 5.92 Å². The summed E-state index contributed by atoms with van der Waals surface area (Å²) in [7, 11) is 0. The van der Waals surface area contributed by atoms with Gasteiger partial charge in [-0.05, 0) is 81.0 Å². The standard InChI is InChI=1S/C34H46N6O4/c35-19-8-3-1-2-4-9-23-43-24-30(41)39-21-17-25(18-22-39)29-16-20-37-34-31(33(36)42)32(38-40(29)34)26-12-14-28(15-13-26)44-27-10-6-5-7-11-27/h5-7,10-15,25,29,37H,1-4,8-9,16-24,35H2,(H2,36,42). The van der Waals surface area contributed by atoms with E-state index in [0.29, 0.717) is 48.4 Å². The highest BCUT2D eigenvalue weighted by atomic mass is 16.5. The third-order valence-corrected chi connectivity index (χ3v) is 8.71. The van der Waals surface area contributed by atoms with E-state index in [4.69, 9.17) is 26.0 Å². The molecule has 2 aliphatic heterocycles. The summed E-state index contributed by atoms with van der Waals surface area (Å²) in [5.74, 6) is 2.03. The van der Waals surface area contributed by atoms with Crippen LogP contribution < -0.4 is 21.5 Å². The van der Waals surface area contributed by atoms with Gasteiger partial charge in [0.15, 0.2) is 0 Å². The number of hydrogen-bond donors (Lipinski definition) is 3. The molecule has 0 bridgehead atoms. The second-order valence-electron chi connectivity index (χ2n) is 11.8. The number of aromatic nitrogens is 2. The number of para-hydroxylation sites is 1. The Morgan fingerprint density at radius 1 is 0.886 bits per heavy atom. The Bertz CT molecular complexity index is 1350. The number of amides is 2. The van der Waals surface area contributed by atoms with Crippen molar-refractivity contribution in [3.8, 4) is 22.8 Å². The van der Waals surface area contributed by atoms with Crippen molar-refractivity contribution < 1.29 is 19.1 Å². The Kier molecular flexibility index (Phi) is 11.3. The first-order valence-corrected chi connectivity index (χ1v) is 16.1. The van der Waals surface area contributed by atoms with E-state index in [-0.39, 0.29) is 18.6 Å². The normalized spacial score (nSPS) is 16.8. The molecule has 1 saturated heterocycles. The molecule has 10 nitrogen and oxygen atoms in total. The van der Waals surface area contributed by atoms with Gasteiger partial charge >= 0.3 is 0 Å². The van der Waals surface area contributed by atoms with Gasteiger partial charge in [0.2, 0.25) is 5.91 Å². The lowest BCUT2D eigenvalue weighted by atomic mass is 9.87. The number of hydrogen-bond acceptors (Lipinski definition) is 7. The predicted octanol–water partition coefficient (Wildman–Crippen LogP) is 5.35. The lowest BCUT2D eigenvalue weighted by molar-refractivity contribution is -0.137. The SMILES string of the molecule is NCCCCCCCCOCC(=O)N1CCC(C2CCNc3c(C(N)=O)c(-c4ccc(Oc5ccccc5)cc4)nn32)CC1. The minimum absolute atomic E-state index is 0.0643. The van der Waals surface area contributed by atoms with Gasteiger partial charge in [-0.2, -0.15) is 5.10 Å². The largest absolute Gasteiger partial charge is 0.457 e. The van der Waals surface area contributed by atoms with E-state index in [1.54, 1.807) is 0 Å². The quantitative estimate of drug-likeness (QED) is 0.199. The fourth-order valence-corrected chi connectivity index (χ4v) is 6.32. The van der Waals surface area contributed by atoms with Crippen LogP contribution in [-0.2, 0) is 9.53 Å². The van der Waals surface area contributed by atoms with Crippen molar-refractivity contribution in [1.82, 2.24) is 14.7 Å². The number of anilines is 1. The van der Waals surface area contributed by atoms with Crippen LogP contribution in [0.15, 0.2) is 54.6 Å². The second-order valence-corrected chi connectivity index (χ2v) is 11.8. The average molecular weight is 603 g/mol. The zero-order valence-corrected chi connectivity index (χ0v) is 25.6. The first-order valence-electron chi connectivity index (χ1n) is 16.1. The van der Waals surface area contributed by atoms with Crippen molar-refractivity contribution in [2.75, 3.05) is 44.7 Å². The molecule has 1 fully saturated rings. The number of nitrogens with one attached hydrogen (secondary N) is 1. The molecule has 5 rings (SSSR count). The number of likely N-dealkylation sites (tertiary alicyclic amines) is 1. The minimum atomic E-state index is -0.508. The molecule has 3 aromatic rings. The van der Waals surface area contributed by atoms with Crippen molar-refractivity contribution in [2.45, 2.75) is 63.8 Å². The molecule has 44 heavy (non-hydrogen) atoms. The smallest absolute Gasteiger partial charge is 0.254 e. The van der Waals surface area contributed by atoms with Gasteiger partial charge in [-0.25, -0.2) is 4.68 Å². The van der Waals surface area contributed by atoms with Gasteiger partial charge in [0.25, 0.3) is 5.91 Å². The molecule has 2 aliphatic rings. The highest BCUT2D eigenvalue weighted by Crippen LogP contribution is 2.40. The molecule has 1 unspecified atom stereocenters. The highest BCUT2D eigenvalue weighted by molar-refractivity contribution is 6.03. The van der Waals surface area contributed by atoms with Crippen molar-refractivity contribution >= 4 is 17.6 Å². The molecule has 1 aromatic heterocycles. The summed E-state index contributed by atoms with van der Waals surface area (Å²) in [5, 5.41) is 8.34. The van der Waals surface area contributed by atoms with E-state index in [1.807, 2.05) is 64.2 Å². The highest BCUT2D eigenvalue weighted by Gasteiger charge is 2.36. The molecule has 1 atom stereocenters. The first-order chi connectivity index (χ1) is 21.5. The molecule has 3 heterocycles. The number of benzene rings is 2. The van der Waals surface area contributed by atoms with Crippen LogP contribution in [0.25, 0.3) is 11.3 Å². The summed E-state index contributed by atoms with van der Waals surface area (Å²) in [6.07, 6.45) is 9.46. The zero-order chi connectivity index (χ0) is 30.7. The van der Waals surface area contributed by atoms with Gasteiger partial charge in [0.1, 0.15) is 35.2 Å². The molecule has 0 spiro atoms. The Morgan fingerprint density at radius 2 is 1.57 bits per heavy atom. The number of ether oxygens (including phenoxy) is 2. The van der Waals surface area contributed by atoms with Crippen LogP contribution in [0.5, 0.6) is 11.5 Å². The molecule has 2 amide bonds. The zero-order valence-electron chi connectivity index (χ0n) is 25.6. The van der Waals surface area contributed by atoms with E-state index in [1.165, 1.54) is 19.3 Å². The summed E-state index contributed by atoms with van der Waals surface area (Å²) < 4.78 is 13.6.